The van der Waals surface area contributed by atoms with Crippen molar-refractivity contribution in [3.05, 3.63) is 47.5 Å². The molecule has 6 heteroatoms. The number of hydrogen-bond donors (Lipinski definition) is 2. The van der Waals surface area contributed by atoms with Crippen molar-refractivity contribution in [3.63, 3.8) is 0 Å². The molecule has 0 fully saturated rings. The minimum absolute atomic E-state index is 0.00505. The van der Waals surface area contributed by atoms with E-state index in [2.05, 4.69) is 15.3 Å². The third kappa shape index (κ3) is 4.29. The first-order chi connectivity index (χ1) is 9.15. The molecule has 4 nitrogen and oxygen atoms in total. The van der Waals surface area contributed by atoms with Crippen LogP contribution in [-0.4, -0.2) is 21.1 Å². The normalized spacial score (nSPS) is 12.1. The highest BCUT2D eigenvalue weighted by molar-refractivity contribution is 8.00. The van der Waals surface area contributed by atoms with Gasteiger partial charge < -0.3 is 10.3 Å². The van der Waals surface area contributed by atoms with Crippen LogP contribution in [0, 0.1) is 0 Å². The Balaban J connectivity index is 1.83. The van der Waals surface area contributed by atoms with Crippen LogP contribution in [0.1, 0.15) is 12.6 Å². The zero-order valence-corrected chi connectivity index (χ0v) is 12.0. The van der Waals surface area contributed by atoms with Crippen molar-refractivity contribution in [3.8, 4) is 0 Å². The zero-order chi connectivity index (χ0) is 13.7. The Morgan fingerprint density at radius 1 is 1.47 bits per heavy atom. The molecule has 1 aromatic carbocycles. The van der Waals surface area contributed by atoms with Crippen LogP contribution in [0.4, 0.5) is 0 Å². The number of carbonyl (C=O) groups is 1. The van der Waals surface area contributed by atoms with E-state index in [1.54, 1.807) is 12.5 Å². The molecular weight excluding hydrogens is 282 g/mol. The maximum absolute atomic E-state index is 11.9. The monoisotopic (exact) mass is 295 g/mol. The molecule has 2 rings (SSSR count). The molecule has 0 aliphatic carbocycles. The minimum Gasteiger partial charge on any atom is -0.350 e. The SMILES string of the molecule is CC(Sc1ccc(Cl)cc1)C(=O)NCc1cnc[nH]1. The number of nitrogens with zero attached hydrogens (tertiary/aromatic N) is 1. The Hall–Kier alpha value is -1.46. The molecule has 0 saturated heterocycles. The number of benzene rings is 1. The number of aromatic amines is 1. The predicted octanol–water partition coefficient (Wildman–Crippen LogP) is 2.86. The first kappa shape index (κ1) is 14.0. The van der Waals surface area contributed by atoms with Crippen molar-refractivity contribution < 1.29 is 4.79 Å². The number of amides is 1. The van der Waals surface area contributed by atoms with Crippen molar-refractivity contribution in [2.75, 3.05) is 0 Å². The lowest BCUT2D eigenvalue weighted by Crippen LogP contribution is -2.30. The maximum Gasteiger partial charge on any atom is 0.233 e. The summed E-state index contributed by atoms with van der Waals surface area (Å²) in [7, 11) is 0. The van der Waals surface area contributed by atoms with E-state index in [-0.39, 0.29) is 11.2 Å². The largest absolute Gasteiger partial charge is 0.350 e. The molecule has 2 N–H and O–H groups in total. The van der Waals surface area contributed by atoms with Crippen molar-refractivity contribution in [2.24, 2.45) is 0 Å². The number of H-pyrrole nitrogens is 1. The molecule has 1 heterocycles. The number of thioether (sulfide) groups is 1. The summed E-state index contributed by atoms with van der Waals surface area (Å²) in [5.74, 6) is -0.00505. The molecule has 1 atom stereocenters. The van der Waals surface area contributed by atoms with Gasteiger partial charge >= 0.3 is 0 Å². The standard InChI is InChI=1S/C13H14ClN3OS/c1-9(19-12-4-2-10(14)3-5-12)13(18)16-7-11-6-15-8-17-11/h2-6,8-9H,7H2,1H3,(H,15,17)(H,16,18). The van der Waals surface area contributed by atoms with Crippen molar-refractivity contribution in [2.45, 2.75) is 23.6 Å². The fourth-order valence-electron chi connectivity index (χ4n) is 1.48. The Bertz CT molecular complexity index is 527. The molecule has 0 aliphatic rings. The zero-order valence-electron chi connectivity index (χ0n) is 10.4. The molecule has 100 valence electrons. The van der Waals surface area contributed by atoms with E-state index in [0.29, 0.717) is 11.6 Å². The van der Waals surface area contributed by atoms with Gasteiger partial charge in [0.2, 0.25) is 5.91 Å². The van der Waals surface area contributed by atoms with E-state index in [9.17, 15) is 4.79 Å². The molecule has 1 unspecified atom stereocenters. The number of rotatable bonds is 5. The fourth-order valence-corrected chi connectivity index (χ4v) is 2.50. The number of imidazole rings is 1. The summed E-state index contributed by atoms with van der Waals surface area (Å²) >= 11 is 7.32. The Kier molecular flexibility index (Phi) is 4.87. The van der Waals surface area contributed by atoms with E-state index in [4.69, 9.17) is 11.6 Å². The smallest absolute Gasteiger partial charge is 0.233 e. The van der Waals surface area contributed by atoms with Crippen molar-refractivity contribution >= 4 is 29.3 Å². The summed E-state index contributed by atoms with van der Waals surface area (Å²) in [6.45, 7) is 2.34. The average molecular weight is 296 g/mol. The van der Waals surface area contributed by atoms with Crippen LogP contribution in [0.25, 0.3) is 0 Å². The highest BCUT2D eigenvalue weighted by atomic mass is 35.5. The molecule has 1 amide bonds. The van der Waals surface area contributed by atoms with E-state index >= 15 is 0 Å². The Morgan fingerprint density at radius 2 is 2.21 bits per heavy atom. The van der Waals surface area contributed by atoms with E-state index in [1.165, 1.54) is 11.8 Å². The van der Waals surface area contributed by atoms with Crippen LogP contribution in [0.3, 0.4) is 0 Å². The molecule has 0 saturated carbocycles. The van der Waals surface area contributed by atoms with Crippen LogP contribution in [0.5, 0.6) is 0 Å². The molecule has 0 bridgehead atoms. The maximum atomic E-state index is 11.9. The third-order valence-electron chi connectivity index (χ3n) is 2.50. The van der Waals surface area contributed by atoms with Gasteiger partial charge in [0.05, 0.1) is 23.8 Å². The van der Waals surface area contributed by atoms with Gasteiger partial charge in [0, 0.05) is 16.1 Å². The first-order valence-electron chi connectivity index (χ1n) is 5.82. The second-order valence-corrected chi connectivity index (χ2v) is 5.86. The van der Waals surface area contributed by atoms with Gasteiger partial charge in [0.1, 0.15) is 0 Å². The summed E-state index contributed by atoms with van der Waals surface area (Å²) in [6.07, 6.45) is 3.28. The number of carbonyl (C=O) groups excluding carboxylic acids is 1. The number of hydrogen-bond acceptors (Lipinski definition) is 3. The van der Waals surface area contributed by atoms with Crippen molar-refractivity contribution in [1.82, 2.24) is 15.3 Å². The highest BCUT2D eigenvalue weighted by Crippen LogP contribution is 2.24. The van der Waals surface area contributed by atoms with Gasteiger partial charge in [-0.15, -0.1) is 11.8 Å². The highest BCUT2D eigenvalue weighted by Gasteiger charge is 2.14. The molecule has 0 aliphatic heterocycles. The quantitative estimate of drug-likeness (QED) is 0.834. The molecule has 0 radical (unpaired) electrons. The molecule has 1 aromatic heterocycles. The van der Waals surface area contributed by atoms with E-state index < -0.39 is 0 Å². The van der Waals surface area contributed by atoms with Gasteiger partial charge in [0.15, 0.2) is 0 Å². The van der Waals surface area contributed by atoms with E-state index in [1.807, 2.05) is 31.2 Å². The van der Waals surface area contributed by atoms with Gasteiger partial charge in [-0.25, -0.2) is 4.98 Å². The molecular formula is C13H14ClN3OS. The Morgan fingerprint density at radius 3 is 2.84 bits per heavy atom. The topological polar surface area (TPSA) is 57.8 Å². The number of aromatic nitrogens is 2. The molecule has 0 spiro atoms. The van der Waals surface area contributed by atoms with Crippen LogP contribution in [0.15, 0.2) is 41.7 Å². The lowest BCUT2D eigenvalue weighted by atomic mass is 10.4. The summed E-state index contributed by atoms with van der Waals surface area (Å²) in [6, 6.07) is 7.45. The third-order valence-corrected chi connectivity index (χ3v) is 3.87. The number of halogens is 1. The van der Waals surface area contributed by atoms with Gasteiger partial charge in [-0.05, 0) is 31.2 Å². The van der Waals surface area contributed by atoms with Crippen molar-refractivity contribution in [1.29, 1.82) is 0 Å². The van der Waals surface area contributed by atoms with Crippen LogP contribution >= 0.6 is 23.4 Å². The van der Waals surface area contributed by atoms with E-state index in [0.717, 1.165) is 10.6 Å². The summed E-state index contributed by atoms with van der Waals surface area (Å²) in [5.41, 5.74) is 0.886. The molecule has 2 aromatic rings. The summed E-state index contributed by atoms with van der Waals surface area (Å²) in [4.78, 5) is 19.8. The molecule has 19 heavy (non-hydrogen) atoms. The second-order valence-electron chi connectivity index (χ2n) is 4.01. The lowest BCUT2D eigenvalue weighted by Gasteiger charge is -2.11. The lowest BCUT2D eigenvalue weighted by molar-refractivity contribution is -0.120. The fraction of sp³-hybridized carbons (Fsp3) is 0.231. The van der Waals surface area contributed by atoms with Crippen LogP contribution in [0.2, 0.25) is 5.02 Å². The average Bonchev–Trinajstić information content (AvgIpc) is 2.91. The first-order valence-corrected chi connectivity index (χ1v) is 7.08. The Labute approximate surface area is 121 Å². The second kappa shape index (κ2) is 6.63. The van der Waals surface area contributed by atoms with Crippen LogP contribution < -0.4 is 5.32 Å². The summed E-state index contributed by atoms with van der Waals surface area (Å²) in [5, 5.41) is 3.39. The predicted molar refractivity (Wildman–Crippen MR) is 77.2 cm³/mol. The van der Waals surface area contributed by atoms with Gasteiger partial charge in [-0.1, -0.05) is 11.6 Å². The number of nitrogens with one attached hydrogen (secondary N) is 2. The van der Waals surface area contributed by atoms with Gasteiger partial charge in [-0.2, -0.15) is 0 Å². The minimum atomic E-state index is -0.163. The summed E-state index contributed by atoms with van der Waals surface area (Å²) < 4.78 is 0. The van der Waals surface area contributed by atoms with Gasteiger partial charge in [0.25, 0.3) is 0 Å². The van der Waals surface area contributed by atoms with Crippen LogP contribution in [-0.2, 0) is 11.3 Å². The van der Waals surface area contributed by atoms with Gasteiger partial charge in [-0.3, -0.25) is 4.79 Å².